The van der Waals surface area contributed by atoms with Gasteiger partial charge in [0.1, 0.15) is 0 Å². The second kappa shape index (κ2) is 5.43. The van der Waals surface area contributed by atoms with E-state index in [2.05, 4.69) is 4.98 Å². The molecule has 3 rings (SSSR count). The number of nitrogen functional groups attached to an aromatic ring is 1. The van der Waals surface area contributed by atoms with Crippen molar-refractivity contribution in [2.24, 2.45) is 14.1 Å². The summed E-state index contributed by atoms with van der Waals surface area (Å²) >= 11 is 11.9. The Bertz CT molecular complexity index is 1050. The highest BCUT2D eigenvalue weighted by Crippen LogP contribution is 2.24. The van der Waals surface area contributed by atoms with Crippen molar-refractivity contribution in [1.82, 2.24) is 18.7 Å². The van der Waals surface area contributed by atoms with Crippen LogP contribution in [-0.2, 0) is 20.6 Å². The molecule has 0 fully saturated rings. The number of hydrogen-bond donors (Lipinski definition) is 1. The van der Waals surface area contributed by atoms with Gasteiger partial charge >= 0.3 is 5.69 Å². The molecule has 0 aliphatic rings. The van der Waals surface area contributed by atoms with Crippen LogP contribution in [0.3, 0.4) is 0 Å². The molecule has 0 saturated carbocycles. The molecule has 0 bridgehead atoms. The Balaban J connectivity index is 2.26. The minimum atomic E-state index is -0.457. The van der Waals surface area contributed by atoms with E-state index in [1.54, 1.807) is 29.8 Å². The molecule has 2 heterocycles. The zero-order valence-electron chi connectivity index (χ0n) is 12.4. The summed E-state index contributed by atoms with van der Waals surface area (Å²) in [6.07, 6.45) is 0. The van der Waals surface area contributed by atoms with Gasteiger partial charge in [-0.25, -0.2) is 4.79 Å². The van der Waals surface area contributed by atoms with Crippen LogP contribution in [0.15, 0.2) is 27.8 Å². The largest absolute Gasteiger partial charge is 0.369 e. The Kier molecular flexibility index (Phi) is 3.69. The molecule has 23 heavy (non-hydrogen) atoms. The zero-order chi connectivity index (χ0) is 16.9. The number of benzene rings is 1. The van der Waals surface area contributed by atoms with Gasteiger partial charge < -0.3 is 10.3 Å². The fraction of sp³-hybridized carbons (Fsp3) is 0.214. The molecule has 2 N–H and O–H groups in total. The quantitative estimate of drug-likeness (QED) is 0.753. The van der Waals surface area contributed by atoms with Crippen molar-refractivity contribution >= 4 is 40.3 Å². The fourth-order valence-electron chi connectivity index (χ4n) is 2.44. The maximum Gasteiger partial charge on any atom is 0.332 e. The van der Waals surface area contributed by atoms with E-state index in [0.29, 0.717) is 10.0 Å². The first-order valence-corrected chi connectivity index (χ1v) is 7.42. The van der Waals surface area contributed by atoms with Gasteiger partial charge in [-0.15, -0.1) is 0 Å². The van der Waals surface area contributed by atoms with Gasteiger partial charge in [0.15, 0.2) is 11.2 Å². The second-order valence-electron chi connectivity index (χ2n) is 5.18. The van der Waals surface area contributed by atoms with Crippen LogP contribution in [0, 0.1) is 0 Å². The summed E-state index contributed by atoms with van der Waals surface area (Å²) in [6, 6.07) is 5.15. The minimum absolute atomic E-state index is 0.143. The van der Waals surface area contributed by atoms with E-state index < -0.39 is 11.2 Å². The summed E-state index contributed by atoms with van der Waals surface area (Å²) in [7, 11) is 2.96. The van der Waals surface area contributed by atoms with Crippen LogP contribution in [0.25, 0.3) is 11.2 Å². The second-order valence-corrected chi connectivity index (χ2v) is 6.00. The Morgan fingerprint density at radius 2 is 1.83 bits per heavy atom. The highest BCUT2D eigenvalue weighted by molar-refractivity contribution is 6.42. The summed E-state index contributed by atoms with van der Waals surface area (Å²) in [6.45, 7) is 0.284. The van der Waals surface area contributed by atoms with Gasteiger partial charge in [-0.1, -0.05) is 29.3 Å². The summed E-state index contributed by atoms with van der Waals surface area (Å²) in [5.41, 5.74) is 6.34. The van der Waals surface area contributed by atoms with Gasteiger partial charge in [0, 0.05) is 14.1 Å². The maximum absolute atomic E-state index is 12.4. The van der Waals surface area contributed by atoms with Crippen LogP contribution in [0.2, 0.25) is 10.0 Å². The first-order valence-electron chi connectivity index (χ1n) is 6.67. The predicted molar refractivity (Wildman–Crippen MR) is 90.2 cm³/mol. The standard InChI is InChI=1S/C14H13Cl2N5O2/c1-19-11-10(12(22)20(2)14(19)23)21(13(17)18-11)6-7-3-4-8(15)9(16)5-7/h3-5H,6H2,1-2H3,(H2,17,18). The minimum Gasteiger partial charge on any atom is -0.369 e. The van der Waals surface area contributed by atoms with E-state index in [4.69, 9.17) is 28.9 Å². The van der Waals surface area contributed by atoms with Crippen LogP contribution in [0.5, 0.6) is 0 Å². The Morgan fingerprint density at radius 1 is 1.13 bits per heavy atom. The molecule has 9 heteroatoms. The van der Waals surface area contributed by atoms with Crippen molar-refractivity contribution in [2.45, 2.75) is 6.54 Å². The number of fused-ring (bicyclic) bond motifs is 1. The number of rotatable bonds is 2. The van der Waals surface area contributed by atoms with Gasteiger partial charge in [0.2, 0.25) is 5.95 Å². The highest BCUT2D eigenvalue weighted by atomic mass is 35.5. The number of halogens is 2. The van der Waals surface area contributed by atoms with E-state index in [0.717, 1.165) is 10.1 Å². The van der Waals surface area contributed by atoms with E-state index in [1.165, 1.54) is 11.6 Å². The molecule has 2 aromatic heterocycles. The van der Waals surface area contributed by atoms with Gasteiger partial charge in [-0.05, 0) is 17.7 Å². The Morgan fingerprint density at radius 3 is 2.48 bits per heavy atom. The SMILES string of the molecule is Cn1c(=O)c2c(nc(N)n2Cc2ccc(Cl)c(Cl)c2)n(C)c1=O. The normalized spacial score (nSPS) is 11.3. The molecule has 7 nitrogen and oxygen atoms in total. The van der Waals surface area contributed by atoms with Crippen LogP contribution < -0.4 is 17.0 Å². The highest BCUT2D eigenvalue weighted by Gasteiger charge is 2.17. The molecular weight excluding hydrogens is 341 g/mol. The van der Waals surface area contributed by atoms with Crippen LogP contribution in [-0.4, -0.2) is 18.7 Å². The lowest BCUT2D eigenvalue weighted by Gasteiger charge is -2.08. The van der Waals surface area contributed by atoms with Crippen molar-refractivity contribution in [3.8, 4) is 0 Å². The number of nitrogens with two attached hydrogens (primary N) is 1. The van der Waals surface area contributed by atoms with Crippen molar-refractivity contribution in [2.75, 3.05) is 5.73 Å². The number of anilines is 1. The fourth-order valence-corrected chi connectivity index (χ4v) is 2.76. The number of hydrogen-bond acceptors (Lipinski definition) is 4. The molecule has 3 aromatic rings. The molecule has 0 spiro atoms. The summed E-state index contributed by atoms with van der Waals surface area (Å²) in [4.78, 5) is 28.5. The van der Waals surface area contributed by atoms with Crippen LogP contribution in [0.4, 0.5) is 5.95 Å². The smallest absolute Gasteiger partial charge is 0.332 e. The monoisotopic (exact) mass is 353 g/mol. The first kappa shape index (κ1) is 15.6. The lowest BCUT2D eigenvalue weighted by molar-refractivity contribution is 0.702. The molecule has 0 radical (unpaired) electrons. The van der Waals surface area contributed by atoms with Crippen molar-refractivity contribution in [1.29, 1.82) is 0 Å². The third-order valence-corrected chi connectivity index (χ3v) is 4.44. The van der Waals surface area contributed by atoms with Crippen molar-refractivity contribution in [3.05, 3.63) is 54.6 Å². The van der Waals surface area contributed by atoms with Gasteiger partial charge in [0.25, 0.3) is 5.56 Å². The lowest BCUT2D eigenvalue weighted by Crippen LogP contribution is -2.37. The molecule has 120 valence electrons. The van der Waals surface area contributed by atoms with Gasteiger partial charge in [0.05, 0.1) is 16.6 Å². The molecule has 0 saturated heterocycles. The van der Waals surface area contributed by atoms with Crippen molar-refractivity contribution in [3.63, 3.8) is 0 Å². The molecule has 0 aliphatic carbocycles. The van der Waals surface area contributed by atoms with Crippen LogP contribution >= 0.6 is 23.2 Å². The number of aryl methyl sites for hydroxylation is 1. The van der Waals surface area contributed by atoms with E-state index in [-0.39, 0.29) is 23.7 Å². The molecule has 0 unspecified atom stereocenters. The predicted octanol–water partition coefficient (Wildman–Crippen LogP) is 1.37. The molecule has 0 atom stereocenters. The topological polar surface area (TPSA) is 87.8 Å². The summed E-state index contributed by atoms with van der Waals surface area (Å²) in [5, 5.41) is 0.852. The third kappa shape index (κ3) is 2.42. The third-order valence-electron chi connectivity index (χ3n) is 3.70. The number of nitrogens with zero attached hydrogens (tertiary/aromatic N) is 4. The molecule has 0 aliphatic heterocycles. The molecule has 0 amide bonds. The van der Waals surface area contributed by atoms with Gasteiger partial charge in [-0.3, -0.25) is 13.9 Å². The van der Waals surface area contributed by atoms with Gasteiger partial charge in [-0.2, -0.15) is 4.98 Å². The van der Waals surface area contributed by atoms with Crippen molar-refractivity contribution < 1.29 is 0 Å². The Hall–Kier alpha value is -2.25. The number of aromatic nitrogens is 4. The molecule has 1 aromatic carbocycles. The summed E-state index contributed by atoms with van der Waals surface area (Å²) in [5.74, 6) is 0.143. The zero-order valence-corrected chi connectivity index (χ0v) is 13.9. The molecular formula is C14H13Cl2N5O2. The summed E-state index contributed by atoms with van der Waals surface area (Å²) < 4.78 is 3.86. The lowest BCUT2D eigenvalue weighted by atomic mass is 10.2. The average molecular weight is 354 g/mol. The Labute approximate surface area is 140 Å². The van der Waals surface area contributed by atoms with E-state index >= 15 is 0 Å². The van der Waals surface area contributed by atoms with E-state index in [1.807, 2.05) is 0 Å². The number of imidazole rings is 1. The average Bonchev–Trinajstić information content (AvgIpc) is 2.84. The van der Waals surface area contributed by atoms with Crippen LogP contribution in [0.1, 0.15) is 5.56 Å². The maximum atomic E-state index is 12.4. The first-order chi connectivity index (χ1) is 10.8. The van der Waals surface area contributed by atoms with E-state index in [9.17, 15) is 9.59 Å².